The van der Waals surface area contributed by atoms with Crippen LogP contribution in [0.25, 0.3) is 17.0 Å². The summed E-state index contributed by atoms with van der Waals surface area (Å²) >= 11 is 0. The van der Waals surface area contributed by atoms with Crippen LogP contribution in [-0.4, -0.2) is 27.2 Å². The molecule has 0 aliphatic carbocycles. The Morgan fingerprint density at radius 3 is 2.61 bits per heavy atom. The van der Waals surface area contributed by atoms with E-state index in [4.69, 9.17) is 9.84 Å². The van der Waals surface area contributed by atoms with Crippen molar-refractivity contribution in [2.45, 2.75) is 32.9 Å². The van der Waals surface area contributed by atoms with Gasteiger partial charge >= 0.3 is 11.9 Å². The number of carboxylic acid groups (broad SMARTS) is 1. The Morgan fingerprint density at radius 1 is 1.30 bits per heavy atom. The Morgan fingerprint density at radius 2 is 2.00 bits per heavy atom. The van der Waals surface area contributed by atoms with E-state index in [1.165, 1.54) is 18.2 Å². The van der Waals surface area contributed by atoms with Crippen molar-refractivity contribution < 1.29 is 23.8 Å². The minimum Gasteiger partial charge on any atom is -0.478 e. The topological polar surface area (TPSA) is 68.5 Å². The third-order valence-electron chi connectivity index (χ3n) is 3.00. The molecule has 0 bridgehead atoms. The molecule has 0 amide bonds. The molecule has 1 aromatic heterocycles. The first-order valence-electron chi connectivity index (χ1n) is 7.07. The molecule has 23 heavy (non-hydrogen) atoms. The van der Waals surface area contributed by atoms with Gasteiger partial charge in [0.25, 0.3) is 0 Å². The van der Waals surface area contributed by atoms with Crippen LogP contribution in [0.5, 0.6) is 0 Å². The molecule has 1 heterocycles. The van der Waals surface area contributed by atoms with Crippen LogP contribution < -0.4 is 0 Å². The fraction of sp³-hybridized carbons (Fsp3) is 0.294. The average Bonchev–Trinajstić information content (AvgIpc) is 2.71. The Balaban J connectivity index is 2.44. The van der Waals surface area contributed by atoms with Crippen molar-refractivity contribution in [3.8, 4) is 0 Å². The molecular weight excluding hydrogens is 301 g/mol. The monoisotopic (exact) mass is 319 g/mol. The summed E-state index contributed by atoms with van der Waals surface area (Å²) in [6.45, 7) is 5.20. The number of aromatic nitrogens is 1. The van der Waals surface area contributed by atoms with Crippen LogP contribution in [0.2, 0.25) is 0 Å². The molecule has 0 radical (unpaired) electrons. The number of carbonyl (C=O) groups excluding carboxylic acids is 1. The second-order valence-electron chi connectivity index (χ2n) is 6.12. The Labute approximate surface area is 133 Å². The summed E-state index contributed by atoms with van der Waals surface area (Å²) in [5, 5.41) is 9.35. The molecule has 0 saturated carbocycles. The van der Waals surface area contributed by atoms with E-state index in [2.05, 4.69) is 0 Å². The van der Waals surface area contributed by atoms with Gasteiger partial charge in [-0.2, -0.15) is 0 Å². The molecule has 122 valence electrons. The van der Waals surface area contributed by atoms with Gasteiger partial charge in [-0.05, 0) is 51.1 Å². The molecule has 0 saturated heterocycles. The maximum atomic E-state index is 13.4. The van der Waals surface area contributed by atoms with Gasteiger partial charge in [-0.1, -0.05) is 0 Å². The van der Waals surface area contributed by atoms with Crippen molar-refractivity contribution in [2.75, 3.05) is 0 Å². The molecule has 0 atom stereocenters. The Hall–Kier alpha value is -2.63. The maximum Gasteiger partial charge on any atom is 0.328 e. The molecule has 0 unspecified atom stereocenters. The first-order chi connectivity index (χ1) is 10.7. The largest absolute Gasteiger partial charge is 0.478 e. The van der Waals surface area contributed by atoms with Crippen molar-refractivity contribution >= 4 is 28.9 Å². The average molecular weight is 319 g/mol. The molecular formula is C17H18FNO4. The van der Waals surface area contributed by atoms with Crippen LogP contribution in [0, 0.1) is 5.82 Å². The van der Waals surface area contributed by atoms with Gasteiger partial charge < -0.3 is 14.4 Å². The highest BCUT2D eigenvalue weighted by Gasteiger charge is 2.18. The highest BCUT2D eigenvalue weighted by atomic mass is 19.1. The van der Waals surface area contributed by atoms with E-state index in [-0.39, 0.29) is 6.54 Å². The van der Waals surface area contributed by atoms with Crippen LogP contribution in [0.4, 0.5) is 4.39 Å². The number of benzene rings is 1. The summed E-state index contributed by atoms with van der Waals surface area (Å²) in [5.74, 6) is -1.96. The van der Waals surface area contributed by atoms with E-state index >= 15 is 0 Å². The predicted octanol–water partition coefficient (Wildman–Crippen LogP) is 3.22. The predicted molar refractivity (Wildman–Crippen MR) is 84.4 cm³/mol. The lowest BCUT2D eigenvalue weighted by Crippen LogP contribution is -2.26. The summed E-state index contributed by atoms with van der Waals surface area (Å²) < 4.78 is 20.3. The van der Waals surface area contributed by atoms with E-state index in [1.54, 1.807) is 37.5 Å². The van der Waals surface area contributed by atoms with Crippen molar-refractivity contribution in [1.29, 1.82) is 0 Å². The molecule has 6 heteroatoms. The molecule has 0 aliphatic heterocycles. The first kappa shape index (κ1) is 16.7. The number of esters is 1. The van der Waals surface area contributed by atoms with Gasteiger partial charge in [0.2, 0.25) is 0 Å². The molecule has 2 rings (SSSR count). The molecule has 0 spiro atoms. The van der Waals surface area contributed by atoms with E-state index in [0.29, 0.717) is 16.6 Å². The molecule has 0 aliphatic rings. The highest BCUT2D eigenvalue weighted by molar-refractivity contribution is 5.89. The van der Waals surface area contributed by atoms with Crippen LogP contribution in [0.15, 0.2) is 30.3 Å². The quantitative estimate of drug-likeness (QED) is 0.694. The smallest absolute Gasteiger partial charge is 0.328 e. The number of aliphatic carboxylic acids is 1. The number of carbonyl (C=O) groups is 2. The van der Waals surface area contributed by atoms with Crippen molar-refractivity contribution in [1.82, 2.24) is 4.57 Å². The summed E-state index contributed by atoms with van der Waals surface area (Å²) in [6.07, 6.45) is 2.33. The second kappa shape index (κ2) is 6.24. The van der Waals surface area contributed by atoms with Gasteiger partial charge in [-0.3, -0.25) is 4.79 Å². The third kappa shape index (κ3) is 4.42. The number of halogens is 1. The fourth-order valence-corrected chi connectivity index (χ4v) is 2.24. The van der Waals surface area contributed by atoms with Gasteiger partial charge in [0.1, 0.15) is 18.0 Å². The minimum atomic E-state index is -1.11. The number of rotatable bonds is 4. The number of ether oxygens (including phenoxy) is 1. The second-order valence-corrected chi connectivity index (χ2v) is 6.12. The van der Waals surface area contributed by atoms with E-state index in [9.17, 15) is 14.0 Å². The molecule has 2 aromatic rings. The molecule has 5 nitrogen and oxygen atoms in total. The van der Waals surface area contributed by atoms with E-state index < -0.39 is 23.4 Å². The standard InChI is InChI=1S/C17H18FNO4/c1-17(2,3)23-16(22)10-19-13(5-7-15(20)21)9-11-8-12(18)4-6-14(11)19/h4-9H,10H2,1-3H3,(H,20,21)/b7-5+. The SMILES string of the molecule is CC(C)(C)OC(=O)Cn1c(/C=C/C(=O)O)cc2cc(F)ccc21. The summed E-state index contributed by atoms with van der Waals surface area (Å²) in [4.78, 5) is 22.8. The lowest BCUT2D eigenvalue weighted by molar-refractivity contribution is -0.155. The van der Waals surface area contributed by atoms with Crippen molar-refractivity contribution in [3.63, 3.8) is 0 Å². The van der Waals surface area contributed by atoms with Gasteiger partial charge in [0.05, 0.1) is 0 Å². The van der Waals surface area contributed by atoms with Gasteiger partial charge in [0, 0.05) is 22.7 Å². The third-order valence-corrected chi connectivity index (χ3v) is 3.00. The molecule has 1 N–H and O–H groups in total. The molecule has 0 fully saturated rings. The Bertz CT molecular complexity index is 784. The number of carboxylic acids is 1. The lowest BCUT2D eigenvalue weighted by atomic mass is 10.2. The first-order valence-corrected chi connectivity index (χ1v) is 7.07. The van der Waals surface area contributed by atoms with E-state index in [0.717, 1.165) is 6.08 Å². The fourth-order valence-electron chi connectivity index (χ4n) is 2.24. The zero-order valence-electron chi connectivity index (χ0n) is 13.2. The van der Waals surface area contributed by atoms with Crippen LogP contribution in [0.1, 0.15) is 26.5 Å². The zero-order valence-corrected chi connectivity index (χ0v) is 13.2. The van der Waals surface area contributed by atoms with Crippen LogP contribution >= 0.6 is 0 Å². The van der Waals surface area contributed by atoms with Gasteiger partial charge in [-0.25, -0.2) is 9.18 Å². The summed E-state index contributed by atoms with van der Waals surface area (Å²) in [6, 6.07) is 5.80. The van der Waals surface area contributed by atoms with Crippen LogP contribution in [-0.2, 0) is 20.9 Å². The van der Waals surface area contributed by atoms with E-state index in [1.807, 2.05) is 0 Å². The van der Waals surface area contributed by atoms with Crippen molar-refractivity contribution in [3.05, 3.63) is 41.9 Å². The maximum absolute atomic E-state index is 13.4. The van der Waals surface area contributed by atoms with Crippen LogP contribution in [0.3, 0.4) is 0 Å². The number of hydrogen-bond donors (Lipinski definition) is 1. The Kier molecular flexibility index (Phi) is 4.54. The highest BCUT2D eigenvalue weighted by Crippen LogP contribution is 2.23. The summed E-state index contributed by atoms with van der Waals surface area (Å²) in [5.41, 5.74) is 0.490. The lowest BCUT2D eigenvalue weighted by Gasteiger charge is -2.20. The zero-order chi connectivity index (χ0) is 17.2. The number of fused-ring (bicyclic) bond motifs is 1. The minimum absolute atomic E-state index is 0.0916. The normalized spacial score (nSPS) is 12.0. The van der Waals surface area contributed by atoms with Crippen molar-refractivity contribution in [2.24, 2.45) is 0 Å². The van der Waals surface area contributed by atoms with Gasteiger partial charge in [-0.15, -0.1) is 0 Å². The summed E-state index contributed by atoms with van der Waals surface area (Å²) in [7, 11) is 0. The number of hydrogen-bond acceptors (Lipinski definition) is 3. The van der Waals surface area contributed by atoms with Gasteiger partial charge in [0.15, 0.2) is 0 Å². The number of nitrogens with zero attached hydrogens (tertiary/aromatic N) is 1. The molecule has 1 aromatic carbocycles.